The third-order valence-electron chi connectivity index (χ3n) is 4.06. The quantitative estimate of drug-likeness (QED) is 0.863. The Balaban J connectivity index is 1.72. The summed E-state index contributed by atoms with van der Waals surface area (Å²) in [7, 11) is 2.13. The molecule has 0 saturated carbocycles. The van der Waals surface area contributed by atoms with Crippen LogP contribution in [0.4, 0.5) is 4.39 Å². The van der Waals surface area contributed by atoms with Crippen molar-refractivity contribution in [1.29, 1.82) is 0 Å². The van der Waals surface area contributed by atoms with Gasteiger partial charge in [0.25, 0.3) is 0 Å². The first-order valence-corrected chi connectivity index (χ1v) is 7.43. The molecule has 0 atom stereocenters. The average Bonchev–Trinajstić information content (AvgIpc) is 2.44. The molecular weight excluding hydrogens is 255 g/mol. The number of hydrogen-bond acceptors (Lipinski definition) is 3. The van der Waals surface area contributed by atoms with Gasteiger partial charge in [-0.25, -0.2) is 4.39 Å². The minimum absolute atomic E-state index is 0.173. The summed E-state index contributed by atoms with van der Waals surface area (Å²) in [5.74, 6) is 0.558. The summed E-state index contributed by atoms with van der Waals surface area (Å²) in [4.78, 5) is 4.65. The van der Waals surface area contributed by atoms with Gasteiger partial charge in [-0.2, -0.15) is 0 Å². The molecule has 1 N–H and O–H groups in total. The minimum atomic E-state index is -0.173. The van der Waals surface area contributed by atoms with Gasteiger partial charge in [-0.3, -0.25) is 0 Å². The Kier molecular flexibility index (Phi) is 5.95. The van der Waals surface area contributed by atoms with Crippen molar-refractivity contribution in [3.8, 4) is 0 Å². The lowest BCUT2D eigenvalue weighted by Crippen LogP contribution is -2.38. The monoisotopic (exact) mass is 280 g/mol. The second kappa shape index (κ2) is 7.72. The molecule has 0 aliphatic carbocycles. The van der Waals surface area contributed by atoms with Gasteiger partial charge in [0, 0.05) is 19.6 Å². The van der Waals surface area contributed by atoms with Crippen molar-refractivity contribution >= 4 is 0 Å². The molecule has 0 aromatic heterocycles. The van der Waals surface area contributed by atoms with Crippen molar-refractivity contribution in [2.75, 3.05) is 39.8 Å². The van der Waals surface area contributed by atoms with E-state index in [1.165, 1.54) is 25.0 Å². The highest BCUT2D eigenvalue weighted by Gasteiger charge is 2.19. The highest BCUT2D eigenvalue weighted by molar-refractivity contribution is 5.15. The molecule has 1 aliphatic rings. The maximum absolute atomic E-state index is 12.9. The van der Waals surface area contributed by atoms with E-state index in [0.29, 0.717) is 0 Å². The van der Waals surface area contributed by atoms with E-state index in [0.717, 1.165) is 44.2 Å². The molecule has 3 nitrogen and oxygen atoms in total. The van der Waals surface area contributed by atoms with E-state index in [9.17, 15) is 4.39 Å². The van der Waals surface area contributed by atoms with Crippen molar-refractivity contribution < 1.29 is 9.50 Å². The molecule has 1 saturated heterocycles. The normalized spacial score (nSPS) is 17.8. The van der Waals surface area contributed by atoms with Crippen molar-refractivity contribution in [3.05, 3.63) is 35.6 Å². The molecule has 1 aliphatic heterocycles. The number of benzene rings is 1. The number of likely N-dealkylation sites (tertiary alicyclic amines) is 1. The summed E-state index contributed by atoms with van der Waals surface area (Å²) in [5, 5.41) is 8.94. The third kappa shape index (κ3) is 4.85. The van der Waals surface area contributed by atoms with E-state index >= 15 is 0 Å². The van der Waals surface area contributed by atoms with Gasteiger partial charge < -0.3 is 14.9 Å². The van der Waals surface area contributed by atoms with Gasteiger partial charge in [-0.05, 0) is 56.6 Å². The van der Waals surface area contributed by atoms with Gasteiger partial charge in [0.1, 0.15) is 5.82 Å². The van der Waals surface area contributed by atoms with Crippen LogP contribution in [0.5, 0.6) is 0 Å². The molecule has 112 valence electrons. The van der Waals surface area contributed by atoms with Gasteiger partial charge in [0.05, 0.1) is 6.61 Å². The molecule has 0 bridgehead atoms. The topological polar surface area (TPSA) is 26.7 Å². The van der Waals surface area contributed by atoms with E-state index < -0.39 is 0 Å². The Labute approximate surface area is 121 Å². The van der Waals surface area contributed by atoms with E-state index in [1.807, 2.05) is 12.1 Å². The number of aliphatic hydroxyl groups is 1. The molecule has 1 heterocycles. The predicted molar refractivity (Wildman–Crippen MR) is 79.0 cm³/mol. The van der Waals surface area contributed by atoms with Gasteiger partial charge in [-0.1, -0.05) is 12.1 Å². The fraction of sp³-hybridized carbons (Fsp3) is 0.625. The molecule has 0 radical (unpaired) electrons. The van der Waals surface area contributed by atoms with Gasteiger partial charge >= 0.3 is 0 Å². The first kappa shape index (κ1) is 15.4. The van der Waals surface area contributed by atoms with Gasteiger partial charge in [-0.15, -0.1) is 0 Å². The average molecular weight is 280 g/mol. The van der Waals surface area contributed by atoms with Crippen LogP contribution in [0.1, 0.15) is 18.4 Å². The Morgan fingerprint density at radius 3 is 2.50 bits per heavy atom. The maximum Gasteiger partial charge on any atom is 0.123 e. The molecule has 1 aromatic carbocycles. The summed E-state index contributed by atoms with van der Waals surface area (Å²) < 4.78 is 12.9. The van der Waals surface area contributed by atoms with Crippen LogP contribution in [0.25, 0.3) is 0 Å². The van der Waals surface area contributed by atoms with Crippen LogP contribution >= 0.6 is 0 Å². The van der Waals surface area contributed by atoms with E-state index in [1.54, 1.807) is 0 Å². The fourth-order valence-electron chi connectivity index (χ4n) is 2.94. The standard InChI is InChI=1S/C16H25FN2O/c1-18(12-14-2-4-16(17)5-3-14)13-15-6-8-19(9-7-15)10-11-20/h2-5,15,20H,6-13H2,1H3. The largest absolute Gasteiger partial charge is 0.395 e. The Morgan fingerprint density at radius 1 is 1.25 bits per heavy atom. The maximum atomic E-state index is 12.9. The lowest BCUT2D eigenvalue weighted by molar-refractivity contribution is 0.129. The predicted octanol–water partition coefficient (Wildman–Crippen LogP) is 1.96. The Hall–Kier alpha value is -0.970. The number of nitrogens with zero attached hydrogens (tertiary/aromatic N) is 2. The third-order valence-corrected chi connectivity index (χ3v) is 4.06. The SMILES string of the molecule is CN(Cc1ccc(F)cc1)CC1CCN(CCO)CC1. The van der Waals surface area contributed by atoms with E-state index in [4.69, 9.17) is 5.11 Å². The number of rotatable bonds is 6. The number of aliphatic hydroxyl groups excluding tert-OH is 1. The second-order valence-electron chi connectivity index (χ2n) is 5.83. The molecule has 1 fully saturated rings. The molecular formula is C16H25FN2O. The van der Waals surface area contributed by atoms with Crippen molar-refractivity contribution in [2.45, 2.75) is 19.4 Å². The van der Waals surface area contributed by atoms with Gasteiger partial charge in [0.15, 0.2) is 0 Å². The molecule has 0 spiro atoms. The zero-order valence-electron chi connectivity index (χ0n) is 12.3. The summed E-state index contributed by atoms with van der Waals surface area (Å²) in [6.45, 7) is 5.21. The van der Waals surface area contributed by atoms with Crippen molar-refractivity contribution in [2.24, 2.45) is 5.92 Å². The molecule has 4 heteroatoms. The summed E-state index contributed by atoms with van der Waals surface area (Å²) in [6.07, 6.45) is 2.40. The lowest BCUT2D eigenvalue weighted by atomic mass is 9.96. The first-order chi connectivity index (χ1) is 9.67. The highest BCUT2D eigenvalue weighted by Crippen LogP contribution is 2.18. The highest BCUT2D eigenvalue weighted by atomic mass is 19.1. The second-order valence-corrected chi connectivity index (χ2v) is 5.83. The fourth-order valence-corrected chi connectivity index (χ4v) is 2.94. The van der Waals surface area contributed by atoms with Crippen LogP contribution in [0, 0.1) is 11.7 Å². The van der Waals surface area contributed by atoms with Crippen LogP contribution in [-0.4, -0.2) is 54.7 Å². The zero-order valence-corrected chi connectivity index (χ0v) is 12.3. The molecule has 0 unspecified atom stereocenters. The summed E-state index contributed by atoms with van der Waals surface area (Å²) >= 11 is 0. The summed E-state index contributed by atoms with van der Waals surface area (Å²) in [5.41, 5.74) is 1.16. The minimum Gasteiger partial charge on any atom is -0.395 e. The Bertz CT molecular complexity index is 388. The molecule has 1 aromatic rings. The van der Waals surface area contributed by atoms with Gasteiger partial charge in [0.2, 0.25) is 0 Å². The molecule has 20 heavy (non-hydrogen) atoms. The van der Waals surface area contributed by atoms with Crippen LogP contribution < -0.4 is 0 Å². The first-order valence-electron chi connectivity index (χ1n) is 7.43. The molecule has 0 amide bonds. The van der Waals surface area contributed by atoms with Crippen LogP contribution in [-0.2, 0) is 6.54 Å². The van der Waals surface area contributed by atoms with E-state index in [2.05, 4.69) is 16.8 Å². The molecule has 2 rings (SSSR count). The van der Waals surface area contributed by atoms with Crippen molar-refractivity contribution in [1.82, 2.24) is 9.80 Å². The number of β-amino-alcohol motifs (C(OH)–C–C–N with tert-alkyl or cyclic N) is 1. The number of piperidine rings is 1. The van der Waals surface area contributed by atoms with Crippen LogP contribution in [0.15, 0.2) is 24.3 Å². The zero-order chi connectivity index (χ0) is 14.4. The number of hydrogen-bond donors (Lipinski definition) is 1. The lowest BCUT2D eigenvalue weighted by Gasteiger charge is -2.33. The Morgan fingerprint density at radius 2 is 1.90 bits per heavy atom. The smallest absolute Gasteiger partial charge is 0.123 e. The van der Waals surface area contributed by atoms with Crippen LogP contribution in [0.3, 0.4) is 0 Å². The van der Waals surface area contributed by atoms with E-state index in [-0.39, 0.29) is 12.4 Å². The van der Waals surface area contributed by atoms with Crippen molar-refractivity contribution in [3.63, 3.8) is 0 Å². The van der Waals surface area contributed by atoms with Crippen LogP contribution in [0.2, 0.25) is 0 Å². The number of halogens is 1. The summed E-state index contributed by atoms with van der Waals surface area (Å²) in [6, 6.07) is 6.76.